The Hall–Kier alpha value is -3.02. The van der Waals surface area contributed by atoms with Gasteiger partial charge in [0.2, 0.25) is 17.7 Å². The van der Waals surface area contributed by atoms with Gasteiger partial charge >= 0.3 is 5.97 Å². The number of carbonyl (C=O) groups excluding carboxylic acids is 4. The first-order chi connectivity index (χ1) is 22.5. The van der Waals surface area contributed by atoms with E-state index in [-0.39, 0.29) is 48.2 Å². The molecule has 9 atom stereocenters. The standard InChI is InChI=1S/C36H50BrN3O7/c1-7-10-17-28(42)46-21-26(24-15-12-11-13-16-24)38-33(43)29-30-34(44)40(27(20-41)22(4)5)32(36(30)19-25(37)31(29)47-36)35(45)39(18-9-3)23(6)14-8-2/h7,9,11-13,15-16,22-23,25-27,29-32,41H,1,3,8,10,14,17-21H2,2,4-6H3,(H,38,43)/t23?,25?,26-,27-,29-,30+,31-,32-,36+/m0/s1. The molecule has 2 bridgehead atoms. The number of hydrogen-bond donors (Lipinski definition) is 2. The van der Waals surface area contributed by atoms with Gasteiger partial charge < -0.3 is 29.7 Å². The van der Waals surface area contributed by atoms with Crippen LogP contribution in [0.5, 0.6) is 0 Å². The Morgan fingerprint density at radius 2 is 1.91 bits per heavy atom. The van der Waals surface area contributed by atoms with Crippen LogP contribution in [0.2, 0.25) is 0 Å². The average molecular weight is 717 g/mol. The van der Waals surface area contributed by atoms with Crippen molar-refractivity contribution in [3.63, 3.8) is 0 Å². The Balaban J connectivity index is 1.72. The van der Waals surface area contributed by atoms with Gasteiger partial charge in [-0.15, -0.1) is 13.2 Å². The molecule has 0 aliphatic carbocycles. The van der Waals surface area contributed by atoms with Gasteiger partial charge in [0.25, 0.3) is 0 Å². The molecule has 47 heavy (non-hydrogen) atoms. The lowest BCUT2D eigenvalue weighted by atomic mass is 9.70. The zero-order valence-corrected chi connectivity index (χ0v) is 29.6. The summed E-state index contributed by atoms with van der Waals surface area (Å²) >= 11 is 3.74. The molecule has 3 heterocycles. The second-order valence-corrected chi connectivity index (χ2v) is 14.5. The summed E-state index contributed by atoms with van der Waals surface area (Å²) in [4.78, 5) is 59.0. The number of benzene rings is 1. The lowest BCUT2D eigenvalue weighted by Gasteiger charge is -2.41. The molecule has 0 saturated carbocycles. The number of nitrogens with zero attached hydrogens (tertiary/aromatic N) is 2. The Morgan fingerprint density at radius 3 is 2.51 bits per heavy atom. The molecule has 2 unspecified atom stereocenters. The second-order valence-electron chi connectivity index (χ2n) is 13.3. The van der Waals surface area contributed by atoms with Gasteiger partial charge in [-0.25, -0.2) is 0 Å². The van der Waals surface area contributed by atoms with Gasteiger partial charge in [0.05, 0.1) is 36.6 Å². The van der Waals surface area contributed by atoms with Crippen molar-refractivity contribution in [2.45, 2.75) is 100 Å². The molecule has 258 valence electrons. The van der Waals surface area contributed by atoms with Crippen LogP contribution in [0.25, 0.3) is 0 Å². The number of allylic oxidation sites excluding steroid dienone is 1. The number of rotatable bonds is 17. The number of hydrogen-bond acceptors (Lipinski definition) is 7. The molecule has 11 heteroatoms. The highest BCUT2D eigenvalue weighted by molar-refractivity contribution is 9.09. The summed E-state index contributed by atoms with van der Waals surface area (Å²) in [5, 5.41) is 13.6. The molecule has 0 aromatic heterocycles. The third kappa shape index (κ3) is 7.22. The summed E-state index contributed by atoms with van der Waals surface area (Å²) < 4.78 is 12.3. The number of halogens is 1. The molecule has 3 aliphatic rings. The molecule has 4 rings (SSSR count). The van der Waals surface area contributed by atoms with E-state index in [1.807, 2.05) is 51.1 Å². The van der Waals surface area contributed by atoms with E-state index in [0.29, 0.717) is 19.4 Å². The molecule has 1 aromatic rings. The zero-order valence-electron chi connectivity index (χ0n) is 28.0. The molecule has 3 fully saturated rings. The van der Waals surface area contributed by atoms with Gasteiger partial charge in [0, 0.05) is 23.8 Å². The maximum absolute atomic E-state index is 14.7. The number of likely N-dealkylation sites (tertiary alicyclic amines) is 1. The normalized spacial score (nSPS) is 28.0. The van der Waals surface area contributed by atoms with Crippen LogP contribution >= 0.6 is 15.9 Å². The van der Waals surface area contributed by atoms with Crippen LogP contribution in [0.15, 0.2) is 55.6 Å². The van der Waals surface area contributed by atoms with Crippen LogP contribution in [-0.2, 0) is 28.7 Å². The van der Waals surface area contributed by atoms with E-state index in [9.17, 15) is 24.3 Å². The van der Waals surface area contributed by atoms with E-state index in [0.717, 1.165) is 18.4 Å². The van der Waals surface area contributed by atoms with Crippen LogP contribution in [0.3, 0.4) is 0 Å². The number of esters is 1. The van der Waals surface area contributed by atoms with Crippen molar-refractivity contribution in [1.29, 1.82) is 0 Å². The van der Waals surface area contributed by atoms with Crippen LogP contribution < -0.4 is 5.32 Å². The quantitative estimate of drug-likeness (QED) is 0.140. The van der Waals surface area contributed by atoms with Crippen LogP contribution in [-0.4, -0.2) is 93.0 Å². The maximum Gasteiger partial charge on any atom is 0.306 e. The van der Waals surface area contributed by atoms with E-state index in [4.69, 9.17) is 9.47 Å². The molecule has 3 saturated heterocycles. The third-order valence-electron chi connectivity index (χ3n) is 9.91. The van der Waals surface area contributed by atoms with Crippen molar-refractivity contribution >= 4 is 39.6 Å². The lowest BCUT2D eigenvalue weighted by Crippen LogP contribution is -2.61. The van der Waals surface area contributed by atoms with E-state index < -0.39 is 53.5 Å². The van der Waals surface area contributed by atoms with Gasteiger partial charge in [-0.05, 0) is 37.7 Å². The summed E-state index contributed by atoms with van der Waals surface area (Å²) in [7, 11) is 0. The monoisotopic (exact) mass is 715 g/mol. The van der Waals surface area contributed by atoms with Crippen molar-refractivity contribution < 1.29 is 33.8 Å². The highest BCUT2D eigenvalue weighted by Crippen LogP contribution is 2.61. The van der Waals surface area contributed by atoms with Crippen LogP contribution in [0.4, 0.5) is 0 Å². The molecule has 3 amide bonds. The van der Waals surface area contributed by atoms with Crippen molar-refractivity contribution in [1.82, 2.24) is 15.1 Å². The zero-order chi connectivity index (χ0) is 34.5. The minimum Gasteiger partial charge on any atom is -0.463 e. The maximum atomic E-state index is 14.7. The number of amides is 3. The van der Waals surface area contributed by atoms with Crippen molar-refractivity contribution in [2.75, 3.05) is 19.8 Å². The Bertz CT molecular complexity index is 1310. The Kier molecular flexibility index (Phi) is 12.5. The molecule has 3 aliphatic heterocycles. The van der Waals surface area contributed by atoms with Crippen LogP contribution in [0.1, 0.15) is 71.4 Å². The fourth-order valence-corrected chi connectivity index (χ4v) is 8.57. The van der Waals surface area contributed by atoms with Crippen molar-refractivity contribution in [2.24, 2.45) is 17.8 Å². The fourth-order valence-electron chi connectivity index (χ4n) is 7.62. The lowest BCUT2D eigenvalue weighted by molar-refractivity contribution is -0.153. The summed E-state index contributed by atoms with van der Waals surface area (Å²) in [5.74, 6) is -3.50. The number of fused-ring (bicyclic) bond motifs is 1. The number of alkyl halides is 1. The van der Waals surface area contributed by atoms with Gasteiger partial charge in [-0.3, -0.25) is 19.2 Å². The summed E-state index contributed by atoms with van der Waals surface area (Å²) in [6.45, 7) is 15.2. The Morgan fingerprint density at radius 1 is 1.21 bits per heavy atom. The first-order valence-electron chi connectivity index (χ1n) is 16.7. The predicted molar refractivity (Wildman–Crippen MR) is 182 cm³/mol. The van der Waals surface area contributed by atoms with E-state index in [2.05, 4.69) is 41.3 Å². The SMILES string of the molecule is C=CCCC(=O)OC[C@H](NC(=O)[C@@H]1[C@H]2O[C@@]3(CC2Br)[C@H](C(=O)N(CC=C)C(C)CCC)N([C@@H](CO)C(C)C)C(=O)[C@@H]13)c1ccccc1. The number of aliphatic hydroxyl groups excluding tert-OH is 1. The highest BCUT2D eigenvalue weighted by atomic mass is 79.9. The molecule has 10 nitrogen and oxygen atoms in total. The van der Waals surface area contributed by atoms with Gasteiger partial charge in [-0.1, -0.05) is 85.6 Å². The second kappa shape index (κ2) is 15.9. The third-order valence-corrected chi connectivity index (χ3v) is 10.8. The van der Waals surface area contributed by atoms with Crippen LogP contribution in [0, 0.1) is 17.8 Å². The van der Waals surface area contributed by atoms with Gasteiger partial charge in [-0.2, -0.15) is 0 Å². The smallest absolute Gasteiger partial charge is 0.306 e. The molecule has 0 radical (unpaired) electrons. The van der Waals surface area contributed by atoms with Gasteiger partial charge in [0.15, 0.2) is 0 Å². The number of carbonyl (C=O) groups is 4. The molecule has 1 spiro atoms. The van der Waals surface area contributed by atoms with Gasteiger partial charge in [0.1, 0.15) is 18.2 Å². The first-order valence-corrected chi connectivity index (χ1v) is 17.7. The van der Waals surface area contributed by atoms with Crippen molar-refractivity contribution in [3.8, 4) is 0 Å². The Labute approximate surface area is 287 Å². The number of nitrogens with one attached hydrogen (secondary N) is 1. The minimum atomic E-state index is -1.28. The topological polar surface area (TPSA) is 125 Å². The average Bonchev–Trinajstić information content (AvgIpc) is 3.64. The van der Waals surface area contributed by atoms with E-state index >= 15 is 0 Å². The van der Waals surface area contributed by atoms with E-state index in [1.165, 1.54) is 4.90 Å². The minimum absolute atomic E-state index is 0.0928. The van der Waals surface area contributed by atoms with E-state index in [1.54, 1.807) is 17.1 Å². The fraction of sp³-hybridized carbons (Fsp3) is 0.611. The molecular weight excluding hydrogens is 666 g/mol. The summed E-state index contributed by atoms with van der Waals surface area (Å²) in [6.07, 6.45) is 5.29. The summed E-state index contributed by atoms with van der Waals surface area (Å²) in [5.41, 5.74) is -0.536. The number of ether oxygens (including phenoxy) is 2. The first kappa shape index (κ1) is 36.8. The highest BCUT2D eigenvalue weighted by Gasteiger charge is 2.77. The molecule has 2 N–H and O–H groups in total. The number of aliphatic hydroxyl groups is 1. The summed E-state index contributed by atoms with van der Waals surface area (Å²) in [6, 6.07) is 6.72. The van der Waals surface area contributed by atoms with Crippen molar-refractivity contribution in [3.05, 3.63) is 61.2 Å². The molecule has 1 aromatic carbocycles. The molecular formula is C36H50BrN3O7. The predicted octanol–water partition coefficient (Wildman–Crippen LogP) is 4.32. The largest absolute Gasteiger partial charge is 0.463 e.